The van der Waals surface area contributed by atoms with E-state index in [1.54, 1.807) is 0 Å². The Bertz CT molecular complexity index is 628. The van der Waals surface area contributed by atoms with Crippen LogP contribution in [0.4, 0.5) is 0 Å². The Balaban J connectivity index is 1.67. The van der Waals surface area contributed by atoms with Gasteiger partial charge in [-0.05, 0) is 44.4 Å². The molecular weight excluding hydrogens is 344 g/mol. The Hall–Kier alpha value is -1.24. The van der Waals surface area contributed by atoms with Gasteiger partial charge < -0.3 is 10.3 Å². The molecular formula is C16H21BrN4O. The highest BCUT2D eigenvalue weighted by atomic mass is 79.9. The number of hydrogen-bond donors (Lipinski definition) is 1. The van der Waals surface area contributed by atoms with E-state index in [1.165, 1.54) is 12.8 Å². The number of benzene rings is 1. The number of halogens is 1. The van der Waals surface area contributed by atoms with Crippen molar-refractivity contribution in [3.05, 3.63) is 34.6 Å². The van der Waals surface area contributed by atoms with Gasteiger partial charge in [0.15, 0.2) is 0 Å². The molecule has 0 saturated carbocycles. The summed E-state index contributed by atoms with van der Waals surface area (Å²) in [5.74, 6) is 1.86. The summed E-state index contributed by atoms with van der Waals surface area (Å²) in [6, 6.07) is 8.15. The van der Waals surface area contributed by atoms with E-state index >= 15 is 0 Å². The van der Waals surface area contributed by atoms with E-state index in [1.807, 2.05) is 24.3 Å². The third kappa shape index (κ3) is 3.74. The van der Waals surface area contributed by atoms with Crippen LogP contribution in [-0.2, 0) is 6.54 Å². The van der Waals surface area contributed by atoms with Gasteiger partial charge in [-0.3, -0.25) is 4.90 Å². The number of likely N-dealkylation sites (tertiary alicyclic amines) is 1. The Morgan fingerprint density at radius 2 is 2.36 bits per heavy atom. The summed E-state index contributed by atoms with van der Waals surface area (Å²) >= 11 is 3.46. The second-order valence-corrected chi connectivity index (χ2v) is 6.93. The zero-order valence-electron chi connectivity index (χ0n) is 12.7. The van der Waals surface area contributed by atoms with Crippen LogP contribution in [0, 0.1) is 5.92 Å². The first-order valence-electron chi connectivity index (χ1n) is 7.68. The van der Waals surface area contributed by atoms with Crippen LogP contribution in [0.2, 0.25) is 0 Å². The van der Waals surface area contributed by atoms with Crippen LogP contribution in [0.15, 0.2) is 33.3 Å². The molecule has 1 aliphatic heterocycles. The summed E-state index contributed by atoms with van der Waals surface area (Å²) in [5, 5.41) is 4.09. The van der Waals surface area contributed by atoms with Gasteiger partial charge in [-0.1, -0.05) is 33.2 Å². The maximum Gasteiger partial charge on any atom is 0.241 e. The number of piperidine rings is 1. The molecule has 2 heterocycles. The van der Waals surface area contributed by atoms with E-state index in [-0.39, 0.29) is 6.04 Å². The predicted molar refractivity (Wildman–Crippen MR) is 89.1 cm³/mol. The van der Waals surface area contributed by atoms with Crippen molar-refractivity contribution >= 4 is 15.9 Å². The van der Waals surface area contributed by atoms with Crippen LogP contribution in [0.25, 0.3) is 11.4 Å². The summed E-state index contributed by atoms with van der Waals surface area (Å²) in [4.78, 5) is 6.87. The molecule has 1 saturated heterocycles. The molecule has 0 aliphatic carbocycles. The van der Waals surface area contributed by atoms with Crippen LogP contribution < -0.4 is 5.73 Å². The van der Waals surface area contributed by atoms with E-state index in [2.05, 4.69) is 37.9 Å². The molecule has 1 aliphatic rings. The Labute approximate surface area is 139 Å². The minimum absolute atomic E-state index is 0.239. The maximum absolute atomic E-state index is 6.03. The van der Waals surface area contributed by atoms with Gasteiger partial charge in [-0.25, -0.2) is 0 Å². The van der Waals surface area contributed by atoms with Gasteiger partial charge >= 0.3 is 0 Å². The number of nitrogens with zero attached hydrogens (tertiary/aromatic N) is 3. The van der Waals surface area contributed by atoms with Crippen molar-refractivity contribution in [1.82, 2.24) is 15.0 Å². The molecule has 5 nitrogen and oxygen atoms in total. The highest BCUT2D eigenvalue weighted by Gasteiger charge is 2.24. The zero-order chi connectivity index (χ0) is 15.5. The molecule has 0 spiro atoms. The Morgan fingerprint density at radius 1 is 1.50 bits per heavy atom. The predicted octanol–water partition coefficient (Wildman–Crippen LogP) is 3.06. The molecule has 0 radical (unpaired) electrons. The van der Waals surface area contributed by atoms with Crippen molar-refractivity contribution in [2.75, 3.05) is 13.1 Å². The molecule has 1 aromatic heterocycles. The van der Waals surface area contributed by atoms with Gasteiger partial charge in [0.2, 0.25) is 11.7 Å². The lowest BCUT2D eigenvalue weighted by atomic mass is 9.92. The summed E-state index contributed by atoms with van der Waals surface area (Å²) < 4.78 is 6.41. The third-order valence-electron chi connectivity index (χ3n) is 4.20. The largest absolute Gasteiger partial charge is 0.338 e. The fourth-order valence-corrected chi connectivity index (χ4v) is 3.32. The molecule has 3 rings (SSSR count). The van der Waals surface area contributed by atoms with Gasteiger partial charge in [-0.15, -0.1) is 0 Å². The maximum atomic E-state index is 6.03. The van der Waals surface area contributed by atoms with Crippen molar-refractivity contribution in [3.63, 3.8) is 0 Å². The molecule has 2 aromatic rings. The third-order valence-corrected chi connectivity index (χ3v) is 4.69. The molecule has 22 heavy (non-hydrogen) atoms. The first-order valence-corrected chi connectivity index (χ1v) is 8.47. The van der Waals surface area contributed by atoms with Crippen molar-refractivity contribution in [2.24, 2.45) is 11.7 Å². The zero-order valence-corrected chi connectivity index (χ0v) is 14.3. The van der Waals surface area contributed by atoms with E-state index < -0.39 is 0 Å². The van der Waals surface area contributed by atoms with Crippen LogP contribution in [0.3, 0.4) is 0 Å². The van der Waals surface area contributed by atoms with Crippen molar-refractivity contribution in [3.8, 4) is 11.4 Å². The minimum Gasteiger partial charge on any atom is -0.338 e. The second-order valence-electron chi connectivity index (χ2n) is 6.02. The number of nitrogens with two attached hydrogens (primary N) is 1. The van der Waals surface area contributed by atoms with Crippen molar-refractivity contribution < 1.29 is 4.52 Å². The summed E-state index contributed by atoms with van der Waals surface area (Å²) in [5.41, 5.74) is 6.99. The average Bonchev–Trinajstić information content (AvgIpc) is 2.96. The molecule has 2 atom stereocenters. The highest BCUT2D eigenvalue weighted by Crippen LogP contribution is 2.23. The summed E-state index contributed by atoms with van der Waals surface area (Å²) in [6.45, 7) is 4.86. The molecule has 6 heteroatoms. The number of rotatable bonds is 4. The molecule has 1 fully saturated rings. The summed E-state index contributed by atoms with van der Waals surface area (Å²) in [6.07, 6.45) is 2.39. The number of hydrogen-bond acceptors (Lipinski definition) is 5. The molecule has 2 unspecified atom stereocenters. The Morgan fingerprint density at radius 3 is 3.14 bits per heavy atom. The fourth-order valence-electron chi connectivity index (χ4n) is 2.92. The highest BCUT2D eigenvalue weighted by molar-refractivity contribution is 9.10. The van der Waals surface area contributed by atoms with Crippen LogP contribution >= 0.6 is 15.9 Å². The first-order chi connectivity index (χ1) is 10.6. The van der Waals surface area contributed by atoms with E-state index in [0.29, 0.717) is 24.2 Å². The van der Waals surface area contributed by atoms with Gasteiger partial charge in [0.1, 0.15) is 0 Å². The van der Waals surface area contributed by atoms with Crippen LogP contribution in [0.5, 0.6) is 0 Å². The smallest absolute Gasteiger partial charge is 0.241 e. The molecule has 2 N–H and O–H groups in total. The minimum atomic E-state index is 0.239. The lowest BCUT2D eigenvalue weighted by Crippen LogP contribution is -2.41. The average molecular weight is 365 g/mol. The van der Waals surface area contributed by atoms with Crippen molar-refractivity contribution in [1.29, 1.82) is 0 Å². The van der Waals surface area contributed by atoms with E-state index in [4.69, 9.17) is 10.3 Å². The standard InChI is InChI=1S/C16H21BrN4O/c1-11(18)13-5-3-7-21(9-13)10-15-19-16(20-22-15)12-4-2-6-14(17)8-12/h2,4,6,8,11,13H,3,5,7,9-10,18H2,1H3. The normalized spacial score (nSPS) is 21.0. The Kier molecular flexibility index (Phi) is 4.90. The van der Waals surface area contributed by atoms with Gasteiger partial charge in [-0.2, -0.15) is 4.98 Å². The van der Waals surface area contributed by atoms with Gasteiger partial charge in [0.25, 0.3) is 0 Å². The lowest BCUT2D eigenvalue weighted by molar-refractivity contribution is 0.139. The topological polar surface area (TPSA) is 68.2 Å². The molecule has 118 valence electrons. The van der Waals surface area contributed by atoms with Crippen molar-refractivity contribution in [2.45, 2.75) is 32.4 Å². The van der Waals surface area contributed by atoms with E-state index in [0.717, 1.165) is 23.1 Å². The second kappa shape index (κ2) is 6.89. The van der Waals surface area contributed by atoms with Crippen LogP contribution in [0.1, 0.15) is 25.7 Å². The quantitative estimate of drug-likeness (QED) is 0.902. The lowest BCUT2D eigenvalue weighted by Gasteiger charge is -2.33. The van der Waals surface area contributed by atoms with Gasteiger partial charge in [0.05, 0.1) is 6.54 Å². The van der Waals surface area contributed by atoms with E-state index in [9.17, 15) is 0 Å². The fraction of sp³-hybridized carbons (Fsp3) is 0.500. The van der Waals surface area contributed by atoms with Crippen LogP contribution in [-0.4, -0.2) is 34.2 Å². The first kappa shape index (κ1) is 15.6. The molecule has 0 amide bonds. The molecule has 1 aromatic carbocycles. The van der Waals surface area contributed by atoms with Gasteiger partial charge in [0, 0.05) is 22.6 Å². The number of aromatic nitrogens is 2. The monoisotopic (exact) mass is 364 g/mol. The SMILES string of the molecule is CC(N)C1CCCN(Cc2nc(-c3cccc(Br)c3)no2)C1. The summed E-state index contributed by atoms with van der Waals surface area (Å²) in [7, 11) is 0. The molecule has 0 bridgehead atoms.